The van der Waals surface area contributed by atoms with E-state index in [1.54, 1.807) is 0 Å². The Balaban J connectivity index is 2.01. The lowest BCUT2D eigenvalue weighted by Crippen LogP contribution is -2.36. The van der Waals surface area contributed by atoms with Crippen LogP contribution in [0.15, 0.2) is 22.9 Å². The summed E-state index contributed by atoms with van der Waals surface area (Å²) in [4.78, 5) is 4.28. The second kappa shape index (κ2) is 6.16. The molecule has 0 aromatic carbocycles. The molecule has 1 atom stereocenters. The molecule has 1 aromatic rings. The summed E-state index contributed by atoms with van der Waals surface area (Å²) in [5.74, 6) is 0.890. The first-order valence-corrected chi connectivity index (χ1v) is 7.73. The largest absolute Gasteiger partial charge is 0.316 e. The Kier molecular flexibility index (Phi) is 4.79. The Morgan fingerprint density at radius 3 is 2.83 bits per heavy atom. The van der Waals surface area contributed by atoms with E-state index in [0.717, 1.165) is 29.9 Å². The maximum Gasteiger partial charge on any atom is 0.0410 e. The molecule has 1 aromatic heterocycles. The van der Waals surface area contributed by atoms with Gasteiger partial charge in [-0.25, -0.2) is 0 Å². The average molecular weight is 311 g/mol. The highest BCUT2D eigenvalue weighted by Gasteiger charge is 2.41. The highest BCUT2D eigenvalue weighted by atomic mass is 79.9. The standard InChI is InChI=1S/C15H23BrN2/c1-3-6-17-11-15(2,13-4-5-13)8-12-7-14(16)10-18-9-12/h7,9-10,13,17H,3-6,8,11H2,1-2H3. The fraction of sp³-hybridized carbons (Fsp3) is 0.667. The van der Waals surface area contributed by atoms with Crippen molar-refractivity contribution in [1.29, 1.82) is 0 Å². The molecule has 0 saturated heterocycles. The zero-order valence-electron chi connectivity index (χ0n) is 11.4. The third kappa shape index (κ3) is 3.79. The van der Waals surface area contributed by atoms with Gasteiger partial charge in [0.15, 0.2) is 0 Å². The molecule has 1 saturated carbocycles. The first-order chi connectivity index (χ1) is 8.64. The van der Waals surface area contributed by atoms with Crippen LogP contribution in [0.25, 0.3) is 0 Å². The first kappa shape index (κ1) is 14.0. The number of hydrogen-bond donors (Lipinski definition) is 1. The minimum Gasteiger partial charge on any atom is -0.316 e. The zero-order chi connectivity index (χ0) is 13.0. The minimum absolute atomic E-state index is 0.387. The number of nitrogens with zero attached hydrogens (tertiary/aromatic N) is 1. The lowest BCUT2D eigenvalue weighted by Gasteiger charge is -2.30. The van der Waals surface area contributed by atoms with Crippen molar-refractivity contribution in [3.8, 4) is 0 Å². The number of pyridine rings is 1. The van der Waals surface area contributed by atoms with Crippen LogP contribution >= 0.6 is 15.9 Å². The summed E-state index contributed by atoms with van der Waals surface area (Å²) in [7, 11) is 0. The number of nitrogens with one attached hydrogen (secondary N) is 1. The van der Waals surface area contributed by atoms with Crippen LogP contribution in [0.5, 0.6) is 0 Å². The summed E-state index contributed by atoms with van der Waals surface area (Å²) in [6.07, 6.45) is 8.98. The molecule has 0 spiro atoms. The van der Waals surface area contributed by atoms with E-state index in [1.807, 2.05) is 12.4 Å². The SMILES string of the molecule is CCCNCC(C)(Cc1cncc(Br)c1)C1CC1. The van der Waals surface area contributed by atoms with Crippen molar-refractivity contribution in [3.05, 3.63) is 28.5 Å². The van der Waals surface area contributed by atoms with Gasteiger partial charge in [0, 0.05) is 23.4 Å². The van der Waals surface area contributed by atoms with Gasteiger partial charge in [0.2, 0.25) is 0 Å². The van der Waals surface area contributed by atoms with Gasteiger partial charge in [0.1, 0.15) is 0 Å². The molecule has 1 unspecified atom stereocenters. The summed E-state index contributed by atoms with van der Waals surface area (Å²) in [6.45, 7) is 6.89. The molecular formula is C15H23BrN2. The summed E-state index contributed by atoms with van der Waals surface area (Å²) in [5.41, 5.74) is 1.73. The van der Waals surface area contributed by atoms with Crippen LogP contribution in [-0.4, -0.2) is 18.1 Å². The number of rotatable bonds is 7. The fourth-order valence-electron chi connectivity index (χ4n) is 2.70. The molecule has 2 nitrogen and oxygen atoms in total. The third-order valence-corrected chi connectivity index (χ3v) is 4.32. The lowest BCUT2D eigenvalue weighted by molar-refractivity contribution is 0.256. The molecule has 2 rings (SSSR count). The van der Waals surface area contributed by atoms with Crippen LogP contribution in [0.1, 0.15) is 38.7 Å². The zero-order valence-corrected chi connectivity index (χ0v) is 13.0. The van der Waals surface area contributed by atoms with E-state index in [0.29, 0.717) is 5.41 Å². The van der Waals surface area contributed by atoms with Gasteiger partial charge < -0.3 is 5.32 Å². The maximum atomic E-state index is 4.28. The maximum absolute atomic E-state index is 4.28. The van der Waals surface area contributed by atoms with E-state index in [1.165, 1.54) is 24.8 Å². The van der Waals surface area contributed by atoms with E-state index < -0.39 is 0 Å². The molecule has 0 bridgehead atoms. The van der Waals surface area contributed by atoms with E-state index in [4.69, 9.17) is 0 Å². The molecule has 1 heterocycles. The lowest BCUT2D eigenvalue weighted by atomic mass is 9.79. The van der Waals surface area contributed by atoms with Gasteiger partial charge in [0.25, 0.3) is 0 Å². The van der Waals surface area contributed by atoms with Crippen LogP contribution in [0.4, 0.5) is 0 Å². The minimum atomic E-state index is 0.387. The Hall–Kier alpha value is -0.410. The molecule has 3 heteroatoms. The molecule has 1 aliphatic carbocycles. The van der Waals surface area contributed by atoms with Gasteiger partial charge in [-0.1, -0.05) is 13.8 Å². The molecule has 0 amide bonds. The van der Waals surface area contributed by atoms with Crippen molar-refractivity contribution in [2.75, 3.05) is 13.1 Å². The molecule has 18 heavy (non-hydrogen) atoms. The van der Waals surface area contributed by atoms with Crippen molar-refractivity contribution in [2.45, 2.75) is 39.5 Å². The van der Waals surface area contributed by atoms with Crippen LogP contribution < -0.4 is 5.32 Å². The monoisotopic (exact) mass is 310 g/mol. The quantitative estimate of drug-likeness (QED) is 0.775. The average Bonchev–Trinajstić information content (AvgIpc) is 3.13. The fourth-order valence-corrected chi connectivity index (χ4v) is 3.11. The van der Waals surface area contributed by atoms with Crippen molar-refractivity contribution in [2.24, 2.45) is 11.3 Å². The third-order valence-electron chi connectivity index (χ3n) is 3.89. The predicted molar refractivity (Wildman–Crippen MR) is 79.6 cm³/mol. The Morgan fingerprint density at radius 2 is 2.22 bits per heavy atom. The van der Waals surface area contributed by atoms with E-state index >= 15 is 0 Å². The highest BCUT2D eigenvalue weighted by Crippen LogP contribution is 2.47. The molecule has 1 fully saturated rings. The first-order valence-electron chi connectivity index (χ1n) is 6.94. The van der Waals surface area contributed by atoms with Crippen LogP contribution in [0.2, 0.25) is 0 Å². The summed E-state index contributed by atoms with van der Waals surface area (Å²) in [5, 5.41) is 3.60. The Labute approximate surface area is 119 Å². The van der Waals surface area contributed by atoms with Gasteiger partial charge in [-0.15, -0.1) is 0 Å². The molecule has 100 valence electrons. The number of aromatic nitrogens is 1. The molecule has 0 radical (unpaired) electrons. The second-order valence-corrected chi connectivity index (χ2v) is 6.71. The van der Waals surface area contributed by atoms with Crippen LogP contribution in [0, 0.1) is 11.3 Å². The number of halogens is 1. The Bertz CT molecular complexity index is 390. The van der Waals surface area contributed by atoms with Crippen molar-refractivity contribution in [3.63, 3.8) is 0 Å². The second-order valence-electron chi connectivity index (χ2n) is 5.79. The summed E-state index contributed by atoms with van der Waals surface area (Å²) >= 11 is 3.51. The van der Waals surface area contributed by atoms with Gasteiger partial charge in [-0.05, 0) is 71.1 Å². The molecule has 0 aliphatic heterocycles. The van der Waals surface area contributed by atoms with Crippen molar-refractivity contribution < 1.29 is 0 Å². The van der Waals surface area contributed by atoms with E-state index in [9.17, 15) is 0 Å². The van der Waals surface area contributed by atoms with Gasteiger partial charge in [-0.2, -0.15) is 0 Å². The van der Waals surface area contributed by atoms with Gasteiger partial charge in [-0.3, -0.25) is 4.98 Å². The van der Waals surface area contributed by atoms with Gasteiger partial charge in [0.05, 0.1) is 0 Å². The summed E-state index contributed by atoms with van der Waals surface area (Å²) < 4.78 is 1.08. The number of hydrogen-bond acceptors (Lipinski definition) is 2. The summed E-state index contributed by atoms with van der Waals surface area (Å²) in [6, 6.07) is 2.20. The van der Waals surface area contributed by atoms with Crippen LogP contribution in [0.3, 0.4) is 0 Å². The highest BCUT2D eigenvalue weighted by molar-refractivity contribution is 9.10. The topological polar surface area (TPSA) is 24.9 Å². The molecular weight excluding hydrogens is 288 g/mol. The molecule has 1 N–H and O–H groups in total. The smallest absolute Gasteiger partial charge is 0.0410 e. The normalized spacial score (nSPS) is 18.6. The van der Waals surface area contributed by atoms with Crippen molar-refractivity contribution in [1.82, 2.24) is 10.3 Å². The predicted octanol–water partition coefficient (Wildman–Crippen LogP) is 3.80. The van der Waals surface area contributed by atoms with E-state index in [2.05, 4.69) is 46.1 Å². The van der Waals surface area contributed by atoms with Crippen molar-refractivity contribution >= 4 is 15.9 Å². The Morgan fingerprint density at radius 1 is 1.44 bits per heavy atom. The van der Waals surface area contributed by atoms with Gasteiger partial charge >= 0.3 is 0 Å². The van der Waals surface area contributed by atoms with E-state index in [-0.39, 0.29) is 0 Å². The molecule has 1 aliphatic rings. The van der Waals surface area contributed by atoms with Crippen LogP contribution in [-0.2, 0) is 6.42 Å².